The van der Waals surface area contributed by atoms with Crippen molar-refractivity contribution in [3.8, 4) is 0 Å². The Hall–Kier alpha value is -2.60. The van der Waals surface area contributed by atoms with E-state index in [1.54, 1.807) is 16.2 Å². The number of carbonyl (C=O) groups excluding carboxylic acids is 2. The predicted molar refractivity (Wildman–Crippen MR) is 130 cm³/mol. The molecule has 168 valence electrons. The number of aryl methyl sites for hydroxylation is 1. The summed E-state index contributed by atoms with van der Waals surface area (Å²) in [5.74, 6) is -0.164. The maximum absolute atomic E-state index is 13.8. The number of fused-ring (bicyclic) bond motifs is 3. The molecule has 2 aliphatic rings. The molecular weight excluding hydrogens is 418 g/mol. The van der Waals surface area contributed by atoms with Gasteiger partial charge in [0.1, 0.15) is 11.2 Å². The second-order valence-corrected chi connectivity index (χ2v) is 10.3. The highest BCUT2D eigenvalue weighted by molar-refractivity contribution is 7.17. The summed E-state index contributed by atoms with van der Waals surface area (Å²) in [7, 11) is 0. The van der Waals surface area contributed by atoms with Gasteiger partial charge in [-0.3, -0.25) is 14.5 Å². The number of anilines is 1. The highest BCUT2D eigenvalue weighted by Crippen LogP contribution is 2.37. The number of benzene rings is 1. The summed E-state index contributed by atoms with van der Waals surface area (Å²) >= 11 is 1.63. The molecular formula is C26H31N3O2S. The Labute approximate surface area is 193 Å². The Morgan fingerprint density at radius 2 is 1.84 bits per heavy atom. The fourth-order valence-corrected chi connectivity index (χ4v) is 6.08. The Balaban J connectivity index is 1.56. The Kier molecular flexibility index (Phi) is 5.58. The van der Waals surface area contributed by atoms with Gasteiger partial charge in [0.2, 0.25) is 5.91 Å². The predicted octanol–water partition coefficient (Wildman–Crippen LogP) is 5.52. The van der Waals surface area contributed by atoms with E-state index < -0.39 is 5.54 Å². The van der Waals surface area contributed by atoms with Crippen molar-refractivity contribution in [2.24, 2.45) is 0 Å². The zero-order valence-electron chi connectivity index (χ0n) is 18.9. The summed E-state index contributed by atoms with van der Waals surface area (Å²) in [6.45, 7) is 4.49. The van der Waals surface area contributed by atoms with E-state index in [1.807, 2.05) is 41.1 Å². The van der Waals surface area contributed by atoms with Crippen molar-refractivity contribution >= 4 is 39.1 Å². The molecule has 3 heterocycles. The second-order valence-electron chi connectivity index (χ2n) is 9.38. The number of carbonyl (C=O) groups is 2. The molecule has 1 N–H and O–H groups in total. The molecule has 0 bridgehead atoms. The Bertz CT molecular complexity index is 1140. The number of amides is 2. The van der Waals surface area contributed by atoms with Gasteiger partial charge in [-0.15, -0.1) is 11.3 Å². The first-order chi connectivity index (χ1) is 15.5. The zero-order valence-corrected chi connectivity index (χ0v) is 19.7. The average Bonchev–Trinajstić information content (AvgIpc) is 3.29. The number of hydrogen-bond donors (Lipinski definition) is 1. The second kappa shape index (κ2) is 8.39. The van der Waals surface area contributed by atoms with Gasteiger partial charge in [-0.2, -0.15) is 0 Å². The lowest BCUT2D eigenvalue weighted by molar-refractivity contribution is -0.127. The largest absolute Gasteiger partial charge is 0.351 e. The van der Waals surface area contributed by atoms with Gasteiger partial charge in [0.05, 0.1) is 16.8 Å². The first-order valence-corrected chi connectivity index (χ1v) is 12.7. The Morgan fingerprint density at radius 1 is 1.12 bits per heavy atom. The molecule has 1 aliphatic heterocycles. The van der Waals surface area contributed by atoms with Gasteiger partial charge in [-0.05, 0) is 61.4 Å². The number of rotatable bonds is 4. The number of thiophene rings is 1. The first kappa shape index (κ1) is 21.3. The molecule has 0 saturated heterocycles. The van der Waals surface area contributed by atoms with E-state index in [1.165, 1.54) is 18.4 Å². The molecule has 2 amide bonds. The van der Waals surface area contributed by atoms with Crippen LogP contribution in [0.3, 0.4) is 0 Å². The molecule has 1 atom stereocenters. The maximum atomic E-state index is 13.8. The van der Waals surface area contributed by atoms with Gasteiger partial charge < -0.3 is 9.88 Å². The van der Waals surface area contributed by atoms with Crippen molar-refractivity contribution in [3.63, 3.8) is 0 Å². The lowest BCUT2D eigenvalue weighted by atomic mass is 9.92. The third-order valence-electron chi connectivity index (χ3n) is 7.19. The monoisotopic (exact) mass is 449 g/mol. The van der Waals surface area contributed by atoms with Gasteiger partial charge in [-0.1, -0.05) is 44.7 Å². The van der Waals surface area contributed by atoms with E-state index >= 15 is 0 Å². The van der Waals surface area contributed by atoms with Crippen LogP contribution in [0.4, 0.5) is 5.69 Å². The number of nitrogens with one attached hydrogen (secondary N) is 1. The van der Waals surface area contributed by atoms with Gasteiger partial charge >= 0.3 is 0 Å². The molecule has 1 saturated carbocycles. The van der Waals surface area contributed by atoms with E-state index in [4.69, 9.17) is 0 Å². The number of nitrogens with zero attached hydrogens (tertiary/aromatic N) is 2. The average molecular weight is 450 g/mol. The van der Waals surface area contributed by atoms with Gasteiger partial charge in [-0.25, -0.2) is 0 Å². The SMILES string of the molecule is CCc1ccc(N2C(=O)c3cc4sccc4n3CC2(C)C(=O)NC2CCCCCC2)cc1. The summed E-state index contributed by atoms with van der Waals surface area (Å²) < 4.78 is 3.13. The van der Waals surface area contributed by atoms with Gasteiger partial charge in [0.15, 0.2) is 0 Å². The van der Waals surface area contributed by atoms with E-state index in [9.17, 15) is 9.59 Å². The molecule has 2 aromatic heterocycles. The topological polar surface area (TPSA) is 54.3 Å². The van der Waals surface area contributed by atoms with Crippen LogP contribution in [-0.4, -0.2) is 28.0 Å². The summed E-state index contributed by atoms with van der Waals surface area (Å²) in [5.41, 5.74) is 2.69. The summed E-state index contributed by atoms with van der Waals surface area (Å²) in [6.07, 6.45) is 7.75. The molecule has 5 rings (SSSR count). The molecule has 32 heavy (non-hydrogen) atoms. The minimum absolute atomic E-state index is 0.0555. The van der Waals surface area contributed by atoms with Crippen molar-refractivity contribution in [1.82, 2.24) is 9.88 Å². The van der Waals surface area contributed by atoms with Crippen LogP contribution in [0.1, 0.15) is 68.4 Å². The quantitative estimate of drug-likeness (QED) is 0.533. The van der Waals surface area contributed by atoms with Crippen LogP contribution in [-0.2, 0) is 17.8 Å². The van der Waals surface area contributed by atoms with E-state index in [0.29, 0.717) is 12.2 Å². The minimum Gasteiger partial charge on any atom is -0.351 e. The summed E-state index contributed by atoms with van der Waals surface area (Å²) in [5, 5.41) is 5.38. The van der Waals surface area contributed by atoms with E-state index in [0.717, 1.165) is 48.0 Å². The molecule has 1 unspecified atom stereocenters. The normalized spacial score (nSPS) is 22.1. The molecule has 1 aromatic carbocycles. The summed E-state index contributed by atoms with van der Waals surface area (Å²) in [4.78, 5) is 29.4. The van der Waals surface area contributed by atoms with Gasteiger partial charge in [0, 0.05) is 11.7 Å². The van der Waals surface area contributed by atoms with E-state index in [-0.39, 0.29) is 17.9 Å². The molecule has 5 nitrogen and oxygen atoms in total. The summed E-state index contributed by atoms with van der Waals surface area (Å²) in [6, 6.07) is 12.3. The maximum Gasteiger partial charge on any atom is 0.275 e. The van der Waals surface area contributed by atoms with Gasteiger partial charge in [0.25, 0.3) is 5.91 Å². The highest BCUT2D eigenvalue weighted by Gasteiger charge is 2.49. The van der Waals surface area contributed by atoms with Crippen LogP contribution in [0.2, 0.25) is 0 Å². The Morgan fingerprint density at radius 3 is 2.53 bits per heavy atom. The fraction of sp³-hybridized carbons (Fsp3) is 0.462. The molecule has 6 heteroatoms. The molecule has 0 radical (unpaired) electrons. The standard InChI is InChI=1S/C26H31N3O2S/c1-3-18-10-12-20(13-11-18)29-24(30)22-16-23-21(14-15-32-23)28(22)17-26(29,2)25(31)27-19-8-6-4-5-7-9-19/h10-16,19H,3-9,17H2,1-2H3,(H,27,31). The third-order valence-corrected chi connectivity index (χ3v) is 8.04. The number of hydrogen-bond acceptors (Lipinski definition) is 3. The van der Waals surface area contributed by atoms with Crippen LogP contribution in [0, 0.1) is 0 Å². The molecule has 0 spiro atoms. The third kappa shape index (κ3) is 3.54. The first-order valence-electron chi connectivity index (χ1n) is 11.8. The highest BCUT2D eigenvalue weighted by atomic mass is 32.1. The molecule has 1 fully saturated rings. The fourth-order valence-electron chi connectivity index (χ4n) is 5.26. The van der Waals surface area contributed by atoms with Crippen LogP contribution in [0.15, 0.2) is 41.8 Å². The van der Waals surface area contributed by atoms with Crippen molar-refractivity contribution in [2.75, 3.05) is 4.90 Å². The lowest BCUT2D eigenvalue weighted by Crippen LogP contribution is -2.65. The lowest BCUT2D eigenvalue weighted by Gasteiger charge is -2.44. The van der Waals surface area contributed by atoms with Crippen molar-refractivity contribution in [3.05, 3.63) is 53.0 Å². The van der Waals surface area contributed by atoms with Crippen molar-refractivity contribution < 1.29 is 9.59 Å². The zero-order chi connectivity index (χ0) is 22.3. The minimum atomic E-state index is -1.00. The number of aromatic nitrogens is 1. The van der Waals surface area contributed by atoms with E-state index in [2.05, 4.69) is 24.4 Å². The smallest absolute Gasteiger partial charge is 0.275 e. The van der Waals surface area contributed by atoms with Crippen LogP contribution >= 0.6 is 11.3 Å². The van der Waals surface area contributed by atoms with Crippen molar-refractivity contribution in [2.45, 2.75) is 76.9 Å². The van der Waals surface area contributed by atoms with Crippen LogP contribution in [0.25, 0.3) is 10.2 Å². The van der Waals surface area contributed by atoms with Crippen LogP contribution < -0.4 is 10.2 Å². The van der Waals surface area contributed by atoms with Crippen molar-refractivity contribution in [1.29, 1.82) is 0 Å². The molecule has 1 aliphatic carbocycles. The molecule has 3 aromatic rings. The van der Waals surface area contributed by atoms with Crippen LogP contribution in [0.5, 0.6) is 0 Å².